The summed E-state index contributed by atoms with van der Waals surface area (Å²) in [6, 6.07) is 14.0. The molecule has 0 saturated carbocycles. The fourth-order valence-corrected chi connectivity index (χ4v) is 3.41. The van der Waals surface area contributed by atoms with Crippen LogP contribution in [0.4, 0.5) is 4.39 Å². The number of pyridine rings is 1. The van der Waals surface area contributed by atoms with Crippen LogP contribution in [0, 0.1) is 5.82 Å². The molecule has 0 atom stereocenters. The summed E-state index contributed by atoms with van der Waals surface area (Å²) >= 11 is 0. The molecule has 0 aliphatic carbocycles. The molecule has 0 radical (unpaired) electrons. The molecular formula is C25H23FN4O4. The van der Waals surface area contributed by atoms with E-state index in [0.29, 0.717) is 35.1 Å². The van der Waals surface area contributed by atoms with E-state index in [0.717, 1.165) is 18.2 Å². The van der Waals surface area contributed by atoms with Crippen molar-refractivity contribution in [2.24, 2.45) is 0 Å². The van der Waals surface area contributed by atoms with Gasteiger partial charge in [0.25, 0.3) is 0 Å². The van der Waals surface area contributed by atoms with Crippen LogP contribution in [-0.2, 0) is 0 Å². The van der Waals surface area contributed by atoms with Crippen molar-refractivity contribution in [3.05, 3.63) is 72.2 Å². The van der Waals surface area contributed by atoms with Crippen molar-refractivity contribution in [1.29, 1.82) is 0 Å². The van der Waals surface area contributed by atoms with Gasteiger partial charge >= 0.3 is 5.97 Å². The molecule has 0 spiro atoms. The molecule has 8 nitrogen and oxygen atoms in total. The maximum absolute atomic E-state index is 14.2. The van der Waals surface area contributed by atoms with Crippen LogP contribution in [0.3, 0.4) is 0 Å². The zero-order valence-electron chi connectivity index (χ0n) is 18.6. The summed E-state index contributed by atoms with van der Waals surface area (Å²) < 4.78 is 20.0. The number of ether oxygens (including phenoxy) is 1. The first kappa shape index (κ1) is 22.9. The number of H-pyrrole nitrogens is 1. The standard InChI is InChI=1S/C25H23FN4O4/c1-30(2)9-10-34-20-5-3-15(4-6-20)24-28-22(16-7-8-27-21(31)14-16)23(29-24)17-11-18(25(32)33)13-19(26)12-17/h3-8,11-14H,9-10H2,1-2H3,(H,27,31)(H,28,29)(H,32,33). The number of carboxylic acid groups (broad SMARTS) is 1. The van der Waals surface area contributed by atoms with Crippen molar-refractivity contribution in [2.75, 3.05) is 27.2 Å². The molecule has 0 aliphatic rings. The lowest BCUT2D eigenvalue weighted by atomic mass is 10.0. The van der Waals surface area contributed by atoms with Gasteiger partial charge in [0, 0.05) is 35.5 Å². The minimum atomic E-state index is -1.25. The predicted octanol–water partition coefficient (Wildman–Crippen LogP) is 4.29. The number of aromatic amines is 1. The van der Waals surface area contributed by atoms with E-state index in [1.54, 1.807) is 6.07 Å². The van der Waals surface area contributed by atoms with Crippen LogP contribution < -0.4 is 4.74 Å². The summed E-state index contributed by atoms with van der Waals surface area (Å²) in [4.78, 5) is 25.1. The molecule has 3 N–H and O–H groups in total. The lowest BCUT2D eigenvalue weighted by Gasteiger charge is -2.11. The SMILES string of the molecule is CN(C)CCOc1ccc(-c2nc(-c3cc(F)cc(C(=O)O)c3)c(-c3ccnc(O)c3)[nH]2)cc1. The van der Waals surface area contributed by atoms with Crippen LogP contribution in [-0.4, -0.2) is 63.3 Å². The van der Waals surface area contributed by atoms with E-state index >= 15 is 0 Å². The number of carboxylic acids is 1. The Morgan fingerprint density at radius 1 is 1.06 bits per heavy atom. The van der Waals surface area contributed by atoms with E-state index < -0.39 is 11.8 Å². The summed E-state index contributed by atoms with van der Waals surface area (Å²) in [5.74, 6) is -0.925. The highest BCUT2D eigenvalue weighted by molar-refractivity contribution is 5.91. The van der Waals surface area contributed by atoms with Crippen molar-refractivity contribution in [1.82, 2.24) is 19.9 Å². The van der Waals surface area contributed by atoms with E-state index in [-0.39, 0.29) is 17.0 Å². The van der Waals surface area contributed by atoms with E-state index in [4.69, 9.17) is 4.74 Å². The van der Waals surface area contributed by atoms with Gasteiger partial charge in [-0.05, 0) is 62.6 Å². The molecule has 34 heavy (non-hydrogen) atoms. The Morgan fingerprint density at radius 3 is 2.50 bits per heavy atom. The van der Waals surface area contributed by atoms with Crippen LogP contribution in [0.2, 0.25) is 0 Å². The van der Waals surface area contributed by atoms with Crippen molar-refractivity contribution in [3.8, 4) is 45.5 Å². The van der Waals surface area contributed by atoms with Crippen molar-refractivity contribution in [2.45, 2.75) is 0 Å². The second kappa shape index (κ2) is 9.72. The average molecular weight is 462 g/mol. The molecule has 2 heterocycles. The summed E-state index contributed by atoms with van der Waals surface area (Å²) in [5.41, 5.74) is 2.23. The Labute approximate surface area is 195 Å². The second-order valence-corrected chi connectivity index (χ2v) is 7.92. The molecule has 174 valence electrons. The number of rotatable bonds is 8. The Morgan fingerprint density at radius 2 is 1.82 bits per heavy atom. The van der Waals surface area contributed by atoms with Gasteiger partial charge in [-0.2, -0.15) is 0 Å². The van der Waals surface area contributed by atoms with Crippen molar-refractivity contribution >= 4 is 5.97 Å². The quantitative estimate of drug-likeness (QED) is 0.358. The summed E-state index contributed by atoms with van der Waals surface area (Å²) in [7, 11) is 3.94. The van der Waals surface area contributed by atoms with Gasteiger partial charge < -0.3 is 24.8 Å². The Bertz CT molecular complexity index is 1320. The smallest absolute Gasteiger partial charge is 0.335 e. The zero-order chi connectivity index (χ0) is 24.2. The number of aromatic hydroxyl groups is 1. The minimum Gasteiger partial charge on any atom is -0.493 e. The maximum atomic E-state index is 14.2. The normalized spacial score (nSPS) is 11.1. The number of carbonyl (C=O) groups is 1. The first-order valence-electron chi connectivity index (χ1n) is 10.5. The van der Waals surface area contributed by atoms with Gasteiger partial charge in [-0.15, -0.1) is 0 Å². The number of nitrogens with zero attached hydrogens (tertiary/aromatic N) is 3. The number of nitrogens with one attached hydrogen (secondary N) is 1. The van der Waals surface area contributed by atoms with Crippen LogP contribution in [0.5, 0.6) is 11.6 Å². The number of aromatic carboxylic acids is 1. The Hall–Kier alpha value is -4.24. The first-order chi connectivity index (χ1) is 16.3. The molecule has 4 aromatic rings. The Kier molecular flexibility index (Phi) is 6.55. The minimum absolute atomic E-state index is 0.190. The maximum Gasteiger partial charge on any atom is 0.335 e. The highest BCUT2D eigenvalue weighted by Crippen LogP contribution is 2.35. The highest BCUT2D eigenvalue weighted by atomic mass is 19.1. The van der Waals surface area contributed by atoms with Crippen LogP contribution in [0.15, 0.2) is 60.8 Å². The molecule has 0 bridgehead atoms. The third-order valence-corrected chi connectivity index (χ3v) is 5.09. The molecule has 0 saturated heterocycles. The number of hydrogen-bond donors (Lipinski definition) is 3. The predicted molar refractivity (Wildman–Crippen MR) is 125 cm³/mol. The van der Waals surface area contributed by atoms with Gasteiger partial charge in [0.15, 0.2) is 0 Å². The fraction of sp³-hybridized carbons (Fsp3) is 0.160. The lowest BCUT2D eigenvalue weighted by Crippen LogP contribution is -2.19. The van der Waals surface area contributed by atoms with E-state index in [2.05, 4.69) is 15.0 Å². The third-order valence-electron chi connectivity index (χ3n) is 5.09. The van der Waals surface area contributed by atoms with Gasteiger partial charge in [-0.1, -0.05) is 0 Å². The topological polar surface area (TPSA) is 112 Å². The fourth-order valence-electron chi connectivity index (χ4n) is 3.41. The third kappa shape index (κ3) is 5.21. The summed E-state index contributed by atoms with van der Waals surface area (Å²) in [5, 5.41) is 19.2. The number of hydrogen-bond acceptors (Lipinski definition) is 6. The molecular weight excluding hydrogens is 439 g/mol. The van der Waals surface area contributed by atoms with Crippen LogP contribution >= 0.6 is 0 Å². The van der Waals surface area contributed by atoms with Gasteiger partial charge in [-0.25, -0.2) is 19.2 Å². The zero-order valence-corrected chi connectivity index (χ0v) is 18.6. The van der Waals surface area contributed by atoms with E-state index in [9.17, 15) is 19.4 Å². The average Bonchev–Trinajstić information content (AvgIpc) is 3.24. The molecule has 0 amide bonds. The monoisotopic (exact) mass is 462 g/mol. The largest absolute Gasteiger partial charge is 0.493 e. The molecule has 2 aromatic carbocycles. The number of likely N-dealkylation sites (N-methyl/N-ethyl adjacent to an activating group) is 1. The van der Waals surface area contributed by atoms with E-state index in [1.165, 1.54) is 24.4 Å². The van der Waals surface area contributed by atoms with E-state index in [1.807, 2.05) is 43.3 Å². The molecule has 0 unspecified atom stereocenters. The molecule has 9 heteroatoms. The van der Waals surface area contributed by atoms with Gasteiger partial charge in [0.2, 0.25) is 5.88 Å². The van der Waals surface area contributed by atoms with Gasteiger partial charge in [0.05, 0.1) is 17.0 Å². The molecule has 4 rings (SSSR count). The van der Waals surface area contributed by atoms with Gasteiger partial charge in [-0.3, -0.25) is 0 Å². The van der Waals surface area contributed by atoms with Crippen molar-refractivity contribution in [3.63, 3.8) is 0 Å². The van der Waals surface area contributed by atoms with Crippen LogP contribution in [0.1, 0.15) is 10.4 Å². The summed E-state index contributed by atoms with van der Waals surface area (Å²) in [6.45, 7) is 1.34. The number of aromatic nitrogens is 3. The highest BCUT2D eigenvalue weighted by Gasteiger charge is 2.18. The lowest BCUT2D eigenvalue weighted by molar-refractivity contribution is 0.0696. The second-order valence-electron chi connectivity index (χ2n) is 7.92. The Balaban J connectivity index is 1.75. The molecule has 0 fully saturated rings. The number of benzene rings is 2. The number of halogens is 1. The number of imidazole rings is 1. The van der Waals surface area contributed by atoms with Crippen molar-refractivity contribution < 1.29 is 24.1 Å². The van der Waals surface area contributed by atoms with Crippen LogP contribution in [0.25, 0.3) is 33.9 Å². The first-order valence-corrected chi connectivity index (χ1v) is 10.5. The van der Waals surface area contributed by atoms with Gasteiger partial charge in [0.1, 0.15) is 24.0 Å². The summed E-state index contributed by atoms with van der Waals surface area (Å²) in [6.07, 6.45) is 1.43. The molecule has 0 aliphatic heterocycles. The molecule has 2 aromatic heterocycles.